The van der Waals surface area contributed by atoms with Crippen LogP contribution in [0.4, 0.5) is 0 Å². The molecule has 5 heteroatoms. The van der Waals surface area contributed by atoms with Crippen LogP contribution >= 0.6 is 0 Å². The fourth-order valence-corrected chi connectivity index (χ4v) is 1.32. The summed E-state index contributed by atoms with van der Waals surface area (Å²) in [6.07, 6.45) is 3.53. The van der Waals surface area contributed by atoms with Crippen LogP contribution < -0.4 is 5.32 Å². The first kappa shape index (κ1) is 12.7. The Balaban J connectivity index is 2.59. The summed E-state index contributed by atoms with van der Waals surface area (Å²) in [6.45, 7) is 7.67. The molecular weight excluding hydrogens is 206 g/mol. The molecule has 16 heavy (non-hydrogen) atoms. The lowest BCUT2D eigenvalue weighted by molar-refractivity contribution is -0.146. The maximum absolute atomic E-state index is 11.5. The Labute approximate surface area is 95.8 Å². The van der Waals surface area contributed by atoms with Gasteiger partial charge in [-0.1, -0.05) is 6.92 Å². The molecule has 1 aromatic heterocycles. The maximum Gasteiger partial charge on any atom is 0.328 e. The number of ether oxygens (including phenoxy) is 1. The van der Waals surface area contributed by atoms with Crippen LogP contribution in [0.2, 0.25) is 0 Å². The van der Waals surface area contributed by atoms with E-state index in [-0.39, 0.29) is 12.0 Å². The molecule has 1 aromatic rings. The van der Waals surface area contributed by atoms with E-state index in [9.17, 15) is 4.79 Å². The zero-order valence-electron chi connectivity index (χ0n) is 10.1. The van der Waals surface area contributed by atoms with Crippen LogP contribution in [-0.2, 0) is 16.1 Å². The molecule has 0 amide bonds. The Hall–Kier alpha value is -1.36. The lowest BCUT2D eigenvalue weighted by Crippen LogP contribution is -2.18. The third-order valence-electron chi connectivity index (χ3n) is 2.29. The van der Waals surface area contributed by atoms with E-state index in [0.717, 1.165) is 18.8 Å². The number of hydrogen-bond donors (Lipinski definition) is 1. The van der Waals surface area contributed by atoms with Crippen LogP contribution in [0.25, 0.3) is 0 Å². The number of rotatable bonds is 6. The molecule has 0 aliphatic heterocycles. The number of nitrogens with zero attached hydrogens (tertiary/aromatic N) is 2. The number of carbonyl (C=O) groups is 1. The first-order valence-electron chi connectivity index (χ1n) is 5.58. The van der Waals surface area contributed by atoms with Crippen LogP contribution in [0.15, 0.2) is 12.5 Å². The maximum atomic E-state index is 11.5. The van der Waals surface area contributed by atoms with E-state index in [0.29, 0.717) is 6.61 Å². The van der Waals surface area contributed by atoms with Crippen molar-refractivity contribution in [2.24, 2.45) is 0 Å². The smallest absolute Gasteiger partial charge is 0.328 e. The zero-order chi connectivity index (χ0) is 12.0. The van der Waals surface area contributed by atoms with E-state index in [1.807, 2.05) is 13.1 Å². The van der Waals surface area contributed by atoms with Gasteiger partial charge in [0.2, 0.25) is 0 Å². The molecule has 1 rings (SSSR count). The zero-order valence-corrected chi connectivity index (χ0v) is 10.1. The van der Waals surface area contributed by atoms with Gasteiger partial charge in [-0.3, -0.25) is 0 Å². The monoisotopic (exact) mass is 225 g/mol. The number of esters is 1. The summed E-state index contributed by atoms with van der Waals surface area (Å²) in [7, 11) is 0. The van der Waals surface area contributed by atoms with Gasteiger partial charge in [-0.25, -0.2) is 9.78 Å². The van der Waals surface area contributed by atoms with Crippen molar-refractivity contribution in [1.82, 2.24) is 14.9 Å². The van der Waals surface area contributed by atoms with Gasteiger partial charge in [-0.2, -0.15) is 0 Å². The molecule has 90 valence electrons. The summed E-state index contributed by atoms with van der Waals surface area (Å²) in [5.41, 5.74) is 0.929. The SMILES string of the molecule is CCNCc1cn(C(C)C(=O)OCC)cn1. The van der Waals surface area contributed by atoms with E-state index >= 15 is 0 Å². The molecule has 1 unspecified atom stereocenters. The topological polar surface area (TPSA) is 56.2 Å². The summed E-state index contributed by atoms with van der Waals surface area (Å²) < 4.78 is 6.71. The average Bonchev–Trinajstić information content (AvgIpc) is 2.74. The molecule has 0 aliphatic rings. The molecule has 0 fully saturated rings. The van der Waals surface area contributed by atoms with Crippen LogP contribution in [0.5, 0.6) is 0 Å². The predicted molar refractivity (Wildman–Crippen MR) is 61.0 cm³/mol. The highest BCUT2D eigenvalue weighted by atomic mass is 16.5. The minimum absolute atomic E-state index is 0.227. The average molecular weight is 225 g/mol. The predicted octanol–water partition coefficient (Wildman–Crippen LogP) is 1.12. The van der Waals surface area contributed by atoms with Crippen molar-refractivity contribution < 1.29 is 9.53 Å². The van der Waals surface area contributed by atoms with E-state index in [1.165, 1.54) is 0 Å². The van der Waals surface area contributed by atoms with E-state index < -0.39 is 0 Å². The number of hydrogen-bond acceptors (Lipinski definition) is 4. The molecule has 1 heterocycles. The van der Waals surface area contributed by atoms with Crippen LogP contribution in [-0.4, -0.2) is 28.7 Å². The van der Waals surface area contributed by atoms with Gasteiger partial charge in [-0.15, -0.1) is 0 Å². The third-order valence-corrected chi connectivity index (χ3v) is 2.29. The normalized spacial score (nSPS) is 12.4. The lowest BCUT2D eigenvalue weighted by Gasteiger charge is -2.10. The standard InChI is InChI=1S/C11H19N3O2/c1-4-12-6-10-7-14(8-13-10)9(3)11(15)16-5-2/h7-9,12H,4-6H2,1-3H3. The molecule has 5 nitrogen and oxygen atoms in total. The number of aromatic nitrogens is 2. The summed E-state index contributed by atoms with van der Waals surface area (Å²) >= 11 is 0. The van der Waals surface area contributed by atoms with Crippen LogP contribution in [0.3, 0.4) is 0 Å². The van der Waals surface area contributed by atoms with Crippen molar-refractivity contribution in [3.05, 3.63) is 18.2 Å². The molecule has 0 spiro atoms. The Morgan fingerprint density at radius 1 is 1.62 bits per heavy atom. The number of nitrogens with one attached hydrogen (secondary N) is 1. The fraction of sp³-hybridized carbons (Fsp3) is 0.636. The van der Waals surface area contributed by atoms with Gasteiger partial charge >= 0.3 is 5.97 Å². The molecule has 1 N–H and O–H groups in total. The summed E-state index contributed by atoms with van der Waals surface area (Å²) in [6, 6.07) is -0.317. The summed E-state index contributed by atoms with van der Waals surface area (Å²) in [5.74, 6) is -0.227. The molecule has 0 radical (unpaired) electrons. The minimum atomic E-state index is -0.317. The van der Waals surface area contributed by atoms with Gasteiger partial charge < -0.3 is 14.6 Å². The van der Waals surface area contributed by atoms with Crippen molar-refractivity contribution in [2.75, 3.05) is 13.2 Å². The molecule has 0 saturated heterocycles. The second kappa shape index (κ2) is 6.27. The van der Waals surface area contributed by atoms with Gasteiger partial charge in [0, 0.05) is 12.7 Å². The molecular formula is C11H19N3O2. The summed E-state index contributed by atoms with van der Waals surface area (Å²) in [4.78, 5) is 15.7. The Morgan fingerprint density at radius 3 is 3.00 bits per heavy atom. The third kappa shape index (κ3) is 3.34. The number of imidazole rings is 1. The van der Waals surface area contributed by atoms with Gasteiger partial charge in [0.15, 0.2) is 0 Å². The molecule has 0 bridgehead atoms. The van der Waals surface area contributed by atoms with Crippen molar-refractivity contribution in [2.45, 2.75) is 33.4 Å². The molecule has 0 aromatic carbocycles. The Morgan fingerprint density at radius 2 is 2.38 bits per heavy atom. The van der Waals surface area contributed by atoms with Crippen LogP contribution in [0.1, 0.15) is 32.5 Å². The van der Waals surface area contributed by atoms with E-state index in [4.69, 9.17) is 4.74 Å². The first-order chi connectivity index (χ1) is 7.69. The van der Waals surface area contributed by atoms with Crippen molar-refractivity contribution in [3.8, 4) is 0 Å². The van der Waals surface area contributed by atoms with Crippen molar-refractivity contribution in [1.29, 1.82) is 0 Å². The van der Waals surface area contributed by atoms with Crippen molar-refractivity contribution >= 4 is 5.97 Å². The van der Waals surface area contributed by atoms with E-state index in [1.54, 1.807) is 24.7 Å². The van der Waals surface area contributed by atoms with Crippen LogP contribution in [0, 0.1) is 0 Å². The first-order valence-corrected chi connectivity index (χ1v) is 5.58. The second-order valence-electron chi connectivity index (χ2n) is 3.52. The van der Waals surface area contributed by atoms with E-state index in [2.05, 4.69) is 10.3 Å². The van der Waals surface area contributed by atoms with Gasteiger partial charge in [0.25, 0.3) is 0 Å². The lowest BCUT2D eigenvalue weighted by atomic mass is 10.3. The van der Waals surface area contributed by atoms with Crippen molar-refractivity contribution in [3.63, 3.8) is 0 Å². The Bertz CT molecular complexity index is 336. The highest BCUT2D eigenvalue weighted by Gasteiger charge is 2.15. The minimum Gasteiger partial charge on any atom is -0.464 e. The molecule has 0 saturated carbocycles. The summed E-state index contributed by atoms with van der Waals surface area (Å²) in [5, 5.41) is 3.18. The van der Waals surface area contributed by atoms with Gasteiger partial charge in [0.05, 0.1) is 18.6 Å². The van der Waals surface area contributed by atoms with Gasteiger partial charge in [0.1, 0.15) is 6.04 Å². The Kier molecular flexibility index (Phi) is 4.98. The number of carbonyl (C=O) groups excluding carboxylic acids is 1. The quantitative estimate of drug-likeness (QED) is 0.737. The largest absolute Gasteiger partial charge is 0.464 e. The molecule has 1 atom stereocenters. The highest BCUT2D eigenvalue weighted by molar-refractivity contribution is 5.73. The fourth-order valence-electron chi connectivity index (χ4n) is 1.32. The highest BCUT2D eigenvalue weighted by Crippen LogP contribution is 2.08. The molecule has 0 aliphatic carbocycles. The second-order valence-corrected chi connectivity index (χ2v) is 3.52. The van der Waals surface area contributed by atoms with Gasteiger partial charge in [-0.05, 0) is 20.4 Å².